The molecule has 0 spiro atoms. The highest BCUT2D eigenvalue weighted by Gasteiger charge is 2.30. The zero-order valence-electron chi connectivity index (χ0n) is 12.4. The first-order chi connectivity index (χ1) is 9.17. The van der Waals surface area contributed by atoms with Gasteiger partial charge in [0.05, 0.1) is 12.2 Å². The molecule has 2 nitrogen and oxygen atoms in total. The molecule has 2 aliphatic rings. The lowest BCUT2D eigenvalue weighted by atomic mass is 10.0. The van der Waals surface area contributed by atoms with Gasteiger partial charge in [-0.05, 0) is 56.2 Å². The Bertz CT molecular complexity index is 443. The highest BCUT2D eigenvalue weighted by atomic mass is 16.5. The zero-order valence-corrected chi connectivity index (χ0v) is 12.4. The normalized spacial score (nSPS) is 27.6. The Morgan fingerprint density at radius 1 is 1.16 bits per heavy atom. The van der Waals surface area contributed by atoms with Crippen LogP contribution in [0.3, 0.4) is 0 Å². The van der Waals surface area contributed by atoms with Crippen molar-refractivity contribution < 1.29 is 4.74 Å². The lowest BCUT2D eigenvalue weighted by Gasteiger charge is -2.38. The van der Waals surface area contributed by atoms with Gasteiger partial charge in [-0.2, -0.15) is 0 Å². The van der Waals surface area contributed by atoms with Gasteiger partial charge in [-0.25, -0.2) is 0 Å². The van der Waals surface area contributed by atoms with Crippen molar-refractivity contribution in [3.8, 4) is 0 Å². The van der Waals surface area contributed by atoms with Crippen LogP contribution in [0.15, 0.2) is 18.2 Å². The van der Waals surface area contributed by atoms with Crippen molar-refractivity contribution in [1.82, 2.24) is 0 Å². The number of rotatable bonds is 3. The number of hydrogen-bond donors (Lipinski definition) is 0. The van der Waals surface area contributed by atoms with E-state index in [9.17, 15) is 0 Å². The number of benzene rings is 1. The van der Waals surface area contributed by atoms with E-state index >= 15 is 0 Å². The van der Waals surface area contributed by atoms with Crippen LogP contribution < -0.4 is 4.90 Å². The molecule has 1 aromatic rings. The number of hydrogen-bond acceptors (Lipinski definition) is 2. The van der Waals surface area contributed by atoms with Gasteiger partial charge in [-0.3, -0.25) is 0 Å². The molecule has 104 valence electrons. The van der Waals surface area contributed by atoms with Gasteiger partial charge in [0.2, 0.25) is 0 Å². The lowest BCUT2D eigenvalue weighted by Crippen LogP contribution is -2.45. The Hall–Kier alpha value is -1.02. The second kappa shape index (κ2) is 5.16. The summed E-state index contributed by atoms with van der Waals surface area (Å²) < 4.78 is 5.86. The van der Waals surface area contributed by atoms with Crippen LogP contribution in [-0.4, -0.2) is 25.3 Å². The number of morpholine rings is 1. The minimum absolute atomic E-state index is 0.335. The second-order valence-electron chi connectivity index (χ2n) is 6.18. The molecule has 1 aromatic carbocycles. The second-order valence-corrected chi connectivity index (χ2v) is 6.18. The first kappa shape index (κ1) is 13.0. The van der Waals surface area contributed by atoms with Crippen LogP contribution in [0.1, 0.15) is 50.7 Å². The fourth-order valence-corrected chi connectivity index (χ4v) is 3.21. The summed E-state index contributed by atoms with van der Waals surface area (Å²) in [6.45, 7) is 8.65. The van der Waals surface area contributed by atoms with Gasteiger partial charge in [0, 0.05) is 18.8 Å². The largest absolute Gasteiger partial charge is 0.372 e. The number of anilines is 1. The summed E-state index contributed by atoms with van der Waals surface area (Å²) in [4.78, 5) is 2.53. The zero-order chi connectivity index (χ0) is 13.4. The summed E-state index contributed by atoms with van der Waals surface area (Å²) in [5.41, 5.74) is 4.52. The van der Waals surface area contributed by atoms with Gasteiger partial charge < -0.3 is 9.64 Å². The summed E-state index contributed by atoms with van der Waals surface area (Å²) in [6, 6.07) is 7.08. The summed E-state index contributed by atoms with van der Waals surface area (Å²) in [7, 11) is 0. The number of aryl methyl sites for hydroxylation is 1. The molecule has 2 fully saturated rings. The van der Waals surface area contributed by atoms with Gasteiger partial charge in [0.1, 0.15) is 0 Å². The van der Waals surface area contributed by atoms with Crippen molar-refractivity contribution in [1.29, 1.82) is 0 Å². The molecule has 0 aromatic heterocycles. The van der Waals surface area contributed by atoms with Crippen molar-refractivity contribution in [2.24, 2.45) is 0 Å². The molecule has 3 rings (SSSR count). The van der Waals surface area contributed by atoms with Crippen LogP contribution in [0.25, 0.3) is 0 Å². The molecule has 1 saturated heterocycles. The molecule has 1 aliphatic carbocycles. The van der Waals surface area contributed by atoms with Crippen LogP contribution in [0, 0.1) is 0 Å². The first-order valence-electron chi connectivity index (χ1n) is 7.70. The Kier molecular flexibility index (Phi) is 3.53. The third kappa shape index (κ3) is 2.79. The minimum Gasteiger partial charge on any atom is -0.372 e. The molecule has 2 atom stereocenters. The van der Waals surface area contributed by atoms with Crippen LogP contribution in [0.4, 0.5) is 5.69 Å². The van der Waals surface area contributed by atoms with Crippen molar-refractivity contribution in [3.63, 3.8) is 0 Å². The molecule has 0 unspecified atom stereocenters. The quantitative estimate of drug-likeness (QED) is 0.820. The summed E-state index contributed by atoms with van der Waals surface area (Å²) in [6.07, 6.45) is 4.55. The Balaban J connectivity index is 1.90. The highest BCUT2D eigenvalue weighted by Crippen LogP contribution is 2.45. The summed E-state index contributed by atoms with van der Waals surface area (Å²) >= 11 is 0. The Morgan fingerprint density at radius 2 is 1.84 bits per heavy atom. The van der Waals surface area contributed by atoms with Crippen LogP contribution in [-0.2, 0) is 11.2 Å². The van der Waals surface area contributed by atoms with Crippen molar-refractivity contribution in [3.05, 3.63) is 29.3 Å². The molecule has 0 N–H and O–H groups in total. The highest BCUT2D eigenvalue weighted by molar-refractivity contribution is 5.58. The SMILES string of the molecule is CCc1ccc(N2C[C@@H](C)O[C@@H](C)C2)c(C2CC2)c1. The summed E-state index contributed by atoms with van der Waals surface area (Å²) in [5.74, 6) is 0.815. The van der Waals surface area contributed by atoms with Crippen LogP contribution >= 0.6 is 0 Å². The molecule has 0 bridgehead atoms. The first-order valence-corrected chi connectivity index (χ1v) is 7.70. The molecule has 1 heterocycles. The average Bonchev–Trinajstić information content (AvgIpc) is 3.21. The van der Waals surface area contributed by atoms with E-state index in [1.165, 1.54) is 24.1 Å². The topological polar surface area (TPSA) is 12.5 Å². The summed E-state index contributed by atoms with van der Waals surface area (Å²) in [5, 5.41) is 0. The molecule has 1 saturated carbocycles. The van der Waals surface area contributed by atoms with Gasteiger partial charge in [-0.1, -0.05) is 19.1 Å². The van der Waals surface area contributed by atoms with Crippen LogP contribution in [0.5, 0.6) is 0 Å². The maximum Gasteiger partial charge on any atom is 0.0726 e. The lowest BCUT2D eigenvalue weighted by molar-refractivity contribution is -0.00526. The van der Waals surface area contributed by atoms with E-state index in [1.54, 1.807) is 5.56 Å². The van der Waals surface area contributed by atoms with Crippen molar-refractivity contribution in [2.75, 3.05) is 18.0 Å². The third-order valence-corrected chi connectivity index (χ3v) is 4.28. The maximum absolute atomic E-state index is 5.86. The van der Waals surface area contributed by atoms with Gasteiger partial charge >= 0.3 is 0 Å². The Morgan fingerprint density at radius 3 is 2.42 bits per heavy atom. The molecule has 2 heteroatoms. The molecule has 19 heavy (non-hydrogen) atoms. The smallest absolute Gasteiger partial charge is 0.0726 e. The van der Waals surface area contributed by atoms with E-state index in [1.807, 2.05) is 0 Å². The third-order valence-electron chi connectivity index (χ3n) is 4.28. The van der Waals surface area contributed by atoms with Gasteiger partial charge in [0.25, 0.3) is 0 Å². The molecular formula is C17H25NO. The van der Waals surface area contributed by atoms with Gasteiger partial charge in [0.15, 0.2) is 0 Å². The molecular weight excluding hydrogens is 234 g/mol. The monoisotopic (exact) mass is 259 g/mol. The number of nitrogens with zero attached hydrogens (tertiary/aromatic N) is 1. The standard InChI is InChI=1S/C17H25NO/c1-4-14-5-8-17(16(9-14)15-6-7-15)18-10-12(2)19-13(3)11-18/h5,8-9,12-13,15H,4,6-7,10-11H2,1-3H3/t12-,13+. The van der Waals surface area contributed by atoms with E-state index in [0.717, 1.165) is 25.4 Å². The molecule has 0 amide bonds. The predicted molar refractivity (Wildman–Crippen MR) is 80.0 cm³/mol. The molecule has 0 radical (unpaired) electrons. The Labute approximate surface area is 116 Å². The van der Waals surface area contributed by atoms with E-state index in [2.05, 4.69) is 43.9 Å². The maximum atomic E-state index is 5.86. The van der Waals surface area contributed by atoms with Crippen molar-refractivity contribution in [2.45, 2.75) is 58.2 Å². The molecule has 1 aliphatic heterocycles. The van der Waals surface area contributed by atoms with E-state index in [4.69, 9.17) is 4.74 Å². The van der Waals surface area contributed by atoms with E-state index in [-0.39, 0.29) is 0 Å². The minimum atomic E-state index is 0.335. The van der Waals surface area contributed by atoms with E-state index < -0.39 is 0 Å². The van der Waals surface area contributed by atoms with Crippen LogP contribution in [0.2, 0.25) is 0 Å². The fraction of sp³-hybridized carbons (Fsp3) is 0.647. The number of ether oxygens (including phenoxy) is 1. The van der Waals surface area contributed by atoms with E-state index in [0.29, 0.717) is 12.2 Å². The fourth-order valence-electron chi connectivity index (χ4n) is 3.21. The predicted octanol–water partition coefficient (Wildman–Crippen LogP) is 3.74. The van der Waals surface area contributed by atoms with Crippen molar-refractivity contribution >= 4 is 5.69 Å². The van der Waals surface area contributed by atoms with Gasteiger partial charge in [-0.15, -0.1) is 0 Å². The average molecular weight is 259 g/mol.